The van der Waals surface area contributed by atoms with Crippen LogP contribution in [0.3, 0.4) is 0 Å². The summed E-state index contributed by atoms with van der Waals surface area (Å²) >= 11 is 6.08. The van der Waals surface area contributed by atoms with Crippen LogP contribution < -0.4 is 0 Å². The minimum atomic E-state index is -0.328. The molecule has 0 spiro atoms. The molecule has 3 nitrogen and oxygen atoms in total. The zero-order chi connectivity index (χ0) is 15.3. The standard InChI is InChI=1S/C18H10ClNO2/c19-14-6-3-7-15-16(14)18(21)17(20(15)22)13-9-8-11-4-1-2-5-12(11)10-13/h1-10H. The Morgan fingerprint density at radius 3 is 2.45 bits per heavy atom. The first-order chi connectivity index (χ1) is 10.7. The van der Waals surface area contributed by atoms with E-state index in [1.54, 1.807) is 24.3 Å². The highest BCUT2D eigenvalue weighted by Gasteiger charge is 2.38. The summed E-state index contributed by atoms with van der Waals surface area (Å²) in [6.45, 7) is 0. The molecule has 0 bridgehead atoms. The fourth-order valence-electron chi connectivity index (χ4n) is 2.82. The maximum atomic E-state index is 12.6. The average Bonchev–Trinajstić information content (AvgIpc) is 2.79. The number of hydrogen-bond donors (Lipinski definition) is 0. The first kappa shape index (κ1) is 13.0. The van der Waals surface area contributed by atoms with E-state index in [0.29, 0.717) is 21.0 Å². The van der Waals surface area contributed by atoms with E-state index in [0.717, 1.165) is 10.8 Å². The summed E-state index contributed by atoms with van der Waals surface area (Å²) in [6, 6.07) is 18.3. The molecular formula is C18H10ClNO2. The molecule has 0 aliphatic carbocycles. The number of carbonyl (C=O) groups is 1. The van der Waals surface area contributed by atoms with Gasteiger partial charge in [0, 0.05) is 6.07 Å². The van der Waals surface area contributed by atoms with Gasteiger partial charge in [0.1, 0.15) is 5.56 Å². The first-order valence-corrected chi connectivity index (χ1v) is 7.21. The van der Waals surface area contributed by atoms with E-state index in [2.05, 4.69) is 0 Å². The number of Topliss-reactive ketones (excluding diaryl/α,β-unsaturated/α-hetero) is 1. The molecule has 1 heterocycles. The zero-order valence-corrected chi connectivity index (χ0v) is 12.2. The molecule has 4 rings (SSSR count). The Bertz CT molecular complexity index is 976. The van der Waals surface area contributed by atoms with Crippen molar-refractivity contribution < 1.29 is 9.53 Å². The Labute approximate surface area is 131 Å². The third-order valence-corrected chi connectivity index (χ3v) is 4.19. The largest absolute Gasteiger partial charge is 0.618 e. The van der Waals surface area contributed by atoms with Crippen molar-refractivity contribution in [3.05, 3.63) is 82.0 Å². The molecule has 0 N–H and O–H groups in total. The van der Waals surface area contributed by atoms with Crippen molar-refractivity contribution in [1.29, 1.82) is 0 Å². The summed E-state index contributed by atoms with van der Waals surface area (Å²) in [5, 5.41) is 14.8. The van der Waals surface area contributed by atoms with Gasteiger partial charge >= 0.3 is 0 Å². The van der Waals surface area contributed by atoms with E-state index in [1.165, 1.54) is 0 Å². The predicted octanol–water partition coefficient (Wildman–Crippen LogP) is 4.32. The van der Waals surface area contributed by atoms with Crippen LogP contribution in [0.25, 0.3) is 10.8 Å². The zero-order valence-electron chi connectivity index (χ0n) is 11.4. The molecule has 0 saturated carbocycles. The summed E-state index contributed by atoms with van der Waals surface area (Å²) in [4.78, 5) is 12.6. The van der Waals surface area contributed by atoms with Gasteiger partial charge in [0.25, 0.3) is 11.5 Å². The van der Waals surface area contributed by atoms with Crippen molar-refractivity contribution in [2.24, 2.45) is 0 Å². The molecule has 0 saturated heterocycles. The van der Waals surface area contributed by atoms with Crippen LogP contribution in [0, 0.1) is 5.21 Å². The van der Waals surface area contributed by atoms with Gasteiger partial charge in [-0.3, -0.25) is 4.79 Å². The summed E-state index contributed by atoms with van der Waals surface area (Å²) in [6.07, 6.45) is 0. The van der Waals surface area contributed by atoms with Gasteiger partial charge in [0.2, 0.25) is 5.69 Å². The Morgan fingerprint density at radius 2 is 1.68 bits per heavy atom. The topological polar surface area (TPSA) is 43.1 Å². The number of rotatable bonds is 1. The Morgan fingerprint density at radius 1 is 0.909 bits per heavy atom. The van der Waals surface area contributed by atoms with Crippen LogP contribution in [-0.4, -0.2) is 16.2 Å². The van der Waals surface area contributed by atoms with E-state index in [4.69, 9.17) is 11.6 Å². The van der Waals surface area contributed by atoms with Crippen molar-refractivity contribution in [2.75, 3.05) is 0 Å². The normalized spacial score (nSPS) is 13.8. The molecule has 0 radical (unpaired) electrons. The third kappa shape index (κ3) is 1.76. The van der Waals surface area contributed by atoms with Gasteiger partial charge in [-0.2, -0.15) is 4.74 Å². The van der Waals surface area contributed by atoms with E-state index in [9.17, 15) is 10.0 Å². The molecule has 3 aromatic carbocycles. The third-order valence-electron chi connectivity index (χ3n) is 3.88. The van der Waals surface area contributed by atoms with Gasteiger partial charge in [-0.05, 0) is 29.0 Å². The quantitative estimate of drug-likeness (QED) is 0.496. The first-order valence-electron chi connectivity index (χ1n) is 6.83. The molecule has 106 valence electrons. The Balaban J connectivity index is 1.94. The number of fused-ring (bicyclic) bond motifs is 2. The number of nitrogens with zero attached hydrogens (tertiary/aromatic N) is 1. The lowest BCUT2D eigenvalue weighted by Gasteiger charge is -2.03. The molecule has 1 aliphatic rings. The molecule has 0 aromatic heterocycles. The Kier molecular flexibility index (Phi) is 2.78. The number of halogens is 1. The maximum absolute atomic E-state index is 12.6. The summed E-state index contributed by atoms with van der Waals surface area (Å²) in [5.41, 5.74) is 1.31. The molecule has 22 heavy (non-hydrogen) atoms. The van der Waals surface area contributed by atoms with Gasteiger partial charge in [-0.1, -0.05) is 48.0 Å². The van der Waals surface area contributed by atoms with Crippen LogP contribution in [0.15, 0.2) is 60.7 Å². The van der Waals surface area contributed by atoms with Crippen LogP contribution in [0.4, 0.5) is 5.69 Å². The molecule has 1 aliphatic heterocycles. The monoisotopic (exact) mass is 307 g/mol. The summed E-state index contributed by atoms with van der Waals surface area (Å²) < 4.78 is 0.674. The van der Waals surface area contributed by atoms with Crippen molar-refractivity contribution >= 4 is 39.6 Å². The van der Waals surface area contributed by atoms with Gasteiger partial charge in [0.15, 0.2) is 0 Å². The highest BCUT2D eigenvalue weighted by molar-refractivity contribution is 6.54. The van der Waals surface area contributed by atoms with Gasteiger partial charge in [0.05, 0.1) is 10.6 Å². The average molecular weight is 308 g/mol. The fourth-order valence-corrected chi connectivity index (χ4v) is 3.08. The van der Waals surface area contributed by atoms with Crippen LogP contribution in [0.2, 0.25) is 5.02 Å². The molecule has 0 unspecified atom stereocenters. The van der Waals surface area contributed by atoms with E-state index < -0.39 is 0 Å². The molecule has 0 atom stereocenters. The number of benzene rings is 3. The van der Waals surface area contributed by atoms with E-state index in [1.807, 2.05) is 36.4 Å². The van der Waals surface area contributed by atoms with Crippen LogP contribution in [0.1, 0.15) is 15.9 Å². The fraction of sp³-hybridized carbons (Fsp3) is 0. The molecule has 3 aromatic rings. The van der Waals surface area contributed by atoms with Gasteiger partial charge in [-0.15, -0.1) is 0 Å². The predicted molar refractivity (Wildman–Crippen MR) is 87.1 cm³/mol. The smallest absolute Gasteiger partial charge is 0.273 e. The number of hydrogen-bond acceptors (Lipinski definition) is 2. The lowest BCUT2D eigenvalue weighted by atomic mass is 10.00. The lowest BCUT2D eigenvalue weighted by molar-refractivity contribution is -0.355. The number of carbonyl (C=O) groups excluding carboxylic acids is 1. The summed E-state index contributed by atoms with van der Waals surface area (Å²) in [7, 11) is 0. The highest BCUT2D eigenvalue weighted by atomic mass is 35.5. The van der Waals surface area contributed by atoms with Crippen molar-refractivity contribution in [3.63, 3.8) is 0 Å². The van der Waals surface area contributed by atoms with Crippen LogP contribution in [-0.2, 0) is 0 Å². The highest BCUT2D eigenvalue weighted by Crippen LogP contribution is 2.33. The van der Waals surface area contributed by atoms with Gasteiger partial charge in [-0.25, -0.2) is 0 Å². The van der Waals surface area contributed by atoms with Crippen LogP contribution >= 0.6 is 11.6 Å². The SMILES string of the molecule is O=C1C(c2ccc3ccccc3c2)=[N+]([O-])c2cccc(Cl)c21. The Hall–Kier alpha value is -2.65. The second kappa shape index (κ2) is 4.68. The minimum absolute atomic E-state index is 0.119. The maximum Gasteiger partial charge on any atom is 0.273 e. The summed E-state index contributed by atoms with van der Waals surface area (Å²) in [5.74, 6) is -0.328. The van der Waals surface area contributed by atoms with E-state index in [-0.39, 0.29) is 17.1 Å². The second-order valence-corrected chi connectivity index (χ2v) is 5.58. The number of ketones is 1. The molecule has 0 fully saturated rings. The second-order valence-electron chi connectivity index (χ2n) is 5.17. The minimum Gasteiger partial charge on any atom is -0.618 e. The molecule has 4 heteroatoms. The van der Waals surface area contributed by atoms with E-state index >= 15 is 0 Å². The van der Waals surface area contributed by atoms with Crippen molar-refractivity contribution in [3.8, 4) is 0 Å². The van der Waals surface area contributed by atoms with Crippen molar-refractivity contribution in [2.45, 2.75) is 0 Å². The van der Waals surface area contributed by atoms with Gasteiger partial charge < -0.3 is 5.21 Å². The van der Waals surface area contributed by atoms with Crippen molar-refractivity contribution in [1.82, 2.24) is 0 Å². The molecular weight excluding hydrogens is 298 g/mol. The van der Waals surface area contributed by atoms with Crippen LogP contribution in [0.5, 0.6) is 0 Å². The molecule has 0 amide bonds. The lowest BCUT2D eigenvalue weighted by Crippen LogP contribution is -2.16.